The Morgan fingerprint density at radius 3 is 2.65 bits per heavy atom. The minimum absolute atomic E-state index is 0.0142. The van der Waals surface area contributed by atoms with Gasteiger partial charge in [0.15, 0.2) is 0 Å². The lowest BCUT2D eigenvalue weighted by atomic mass is 10.2. The molecule has 0 aliphatic rings. The van der Waals surface area contributed by atoms with Crippen LogP contribution in [0.4, 0.5) is 5.69 Å². The summed E-state index contributed by atoms with van der Waals surface area (Å²) < 4.78 is 0. The summed E-state index contributed by atoms with van der Waals surface area (Å²) in [6.07, 6.45) is 3.19. The first-order valence-electron chi connectivity index (χ1n) is 6.47. The quantitative estimate of drug-likeness (QED) is 0.641. The fourth-order valence-corrected chi connectivity index (χ4v) is 2.31. The first kappa shape index (κ1) is 16.5. The van der Waals surface area contributed by atoms with Crippen molar-refractivity contribution in [3.63, 3.8) is 0 Å². The van der Waals surface area contributed by atoms with Crippen molar-refractivity contribution in [2.24, 2.45) is 0 Å². The van der Waals surface area contributed by atoms with Gasteiger partial charge in [-0.1, -0.05) is 25.5 Å². The molecule has 20 heavy (non-hydrogen) atoms. The molecule has 1 amide bonds. The monoisotopic (exact) mass is 296 g/mol. The highest BCUT2D eigenvalue weighted by atomic mass is 32.2. The van der Waals surface area contributed by atoms with Crippen LogP contribution >= 0.6 is 11.8 Å². The third-order valence-corrected chi connectivity index (χ3v) is 3.56. The summed E-state index contributed by atoms with van der Waals surface area (Å²) in [6, 6.07) is 6.82. The first-order chi connectivity index (χ1) is 9.58. The molecular weight excluding hydrogens is 276 g/mol. The van der Waals surface area contributed by atoms with Gasteiger partial charge in [0.05, 0.1) is 12.2 Å². The van der Waals surface area contributed by atoms with Crippen molar-refractivity contribution >= 4 is 29.3 Å². The lowest BCUT2D eigenvalue weighted by molar-refractivity contribution is -0.139. The number of rotatable bonds is 8. The molecule has 0 aromatic heterocycles. The molecule has 6 heteroatoms. The molecule has 0 aliphatic heterocycles. The molecule has 0 spiro atoms. The van der Waals surface area contributed by atoms with E-state index in [1.807, 2.05) is 37.4 Å². The van der Waals surface area contributed by atoms with Crippen molar-refractivity contribution in [1.82, 2.24) is 5.32 Å². The molecule has 1 aromatic rings. The van der Waals surface area contributed by atoms with Crippen molar-refractivity contribution in [2.75, 3.05) is 18.1 Å². The zero-order chi connectivity index (χ0) is 15.0. The van der Waals surface area contributed by atoms with E-state index in [0.717, 1.165) is 17.0 Å². The van der Waals surface area contributed by atoms with E-state index in [-0.39, 0.29) is 12.5 Å². The van der Waals surface area contributed by atoms with Crippen molar-refractivity contribution in [3.8, 4) is 0 Å². The largest absolute Gasteiger partial charge is 0.480 e. The number of benzene rings is 1. The number of hydrogen-bond acceptors (Lipinski definition) is 4. The topological polar surface area (TPSA) is 78.4 Å². The second kappa shape index (κ2) is 8.60. The molecule has 0 aliphatic carbocycles. The number of thioether (sulfide) groups is 1. The molecule has 3 N–H and O–H groups in total. The van der Waals surface area contributed by atoms with Crippen molar-refractivity contribution in [2.45, 2.75) is 30.7 Å². The number of amides is 1. The molecule has 0 saturated heterocycles. The van der Waals surface area contributed by atoms with Gasteiger partial charge in [-0.25, -0.2) is 0 Å². The number of nitrogens with one attached hydrogen (secondary N) is 2. The number of carbonyl (C=O) groups excluding carboxylic acids is 1. The van der Waals surface area contributed by atoms with Crippen LogP contribution in [0, 0.1) is 0 Å². The highest BCUT2D eigenvalue weighted by molar-refractivity contribution is 7.98. The van der Waals surface area contributed by atoms with Crippen LogP contribution in [0.5, 0.6) is 0 Å². The molecule has 0 bridgehead atoms. The highest BCUT2D eigenvalue weighted by Gasteiger charge is 2.16. The summed E-state index contributed by atoms with van der Waals surface area (Å²) in [5.74, 6) is -1.17. The summed E-state index contributed by atoms with van der Waals surface area (Å²) in [4.78, 5) is 23.8. The van der Waals surface area contributed by atoms with Gasteiger partial charge in [-0.15, -0.1) is 11.8 Å². The second-order valence-electron chi connectivity index (χ2n) is 4.31. The fraction of sp³-hybridized carbons (Fsp3) is 0.429. The number of aliphatic carboxylic acids is 1. The van der Waals surface area contributed by atoms with Gasteiger partial charge < -0.3 is 10.4 Å². The SMILES string of the molecule is CCCC(NCC(=O)Nc1ccccc1SC)C(=O)O. The maximum absolute atomic E-state index is 11.8. The van der Waals surface area contributed by atoms with Crippen LogP contribution in [0.25, 0.3) is 0 Å². The highest BCUT2D eigenvalue weighted by Crippen LogP contribution is 2.24. The van der Waals surface area contributed by atoms with E-state index in [4.69, 9.17) is 5.11 Å². The van der Waals surface area contributed by atoms with E-state index in [2.05, 4.69) is 10.6 Å². The molecule has 1 unspecified atom stereocenters. The molecule has 1 aromatic carbocycles. The molecule has 5 nitrogen and oxygen atoms in total. The maximum atomic E-state index is 11.8. The Hall–Kier alpha value is -1.53. The van der Waals surface area contributed by atoms with Crippen molar-refractivity contribution in [1.29, 1.82) is 0 Å². The van der Waals surface area contributed by atoms with Crippen LogP contribution in [-0.4, -0.2) is 35.8 Å². The Labute approximate surface area is 123 Å². The Morgan fingerprint density at radius 1 is 1.35 bits per heavy atom. The lowest BCUT2D eigenvalue weighted by Gasteiger charge is -2.14. The van der Waals surface area contributed by atoms with Gasteiger partial charge in [-0.05, 0) is 24.8 Å². The van der Waals surface area contributed by atoms with E-state index < -0.39 is 12.0 Å². The summed E-state index contributed by atoms with van der Waals surface area (Å²) >= 11 is 1.55. The average Bonchev–Trinajstić information content (AvgIpc) is 2.43. The Balaban J connectivity index is 2.53. The van der Waals surface area contributed by atoms with Gasteiger partial charge in [-0.2, -0.15) is 0 Å². The third-order valence-electron chi connectivity index (χ3n) is 2.77. The van der Waals surface area contributed by atoms with Crippen LogP contribution in [0.3, 0.4) is 0 Å². The zero-order valence-corrected chi connectivity index (χ0v) is 12.5. The van der Waals surface area contributed by atoms with Gasteiger partial charge in [0.2, 0.25) is 5.91 Å². The van der Waals surface area contributed by atoms with Crippen LogP contribution in [0.1, 0.15) is 19.8 Å². The summed E-state index contributed by atoms with van der Waals surface area (Å²) in [6.45, 7) is 1.89. The fourth-order valence-electron chi connectivity index (χ4n) is 1.76. The van der Waals surface area contributed by atoms with Gasteiger partial charge in [0.1, 0.15) is 6.04 Å². The van der Waals surface area contributed by atoms with E-state index in [9.17, 15) is 9.59 Å². The van der Waals surface area contributed by atoms with Crippen LogP contribution in [-0.2, 0) is 9.59 Å². The summed E-state index contributed by atoms with van der Waals surface area (Å²) in [5, 5.41) is 14.5. The van der Waals surface area contributed by atoms with E-state index in [0.29, 0.717) is 6.42 Å². The molecule has 0 saturated carbocycles. The first-order valence-corrected chi connectivity index (χ1v) is 7.70. The standard InChI is InChI=1S/C14H20N2O3S/c1-3-6-11(14(18)19)15-9-13(17)16-10-7-4-5-8-12(10)20-2/h4-5,7-8,11,15H,3,6,9H2,1-2H3,(H,16,17)(H,18,19). The summed E-state index contributed by atoms with van der Waals surface area (Å²) in [5.41, 5.74) is 0.745. The number of anilines is 1. The number of carboxylic acid groups (broad SMARTS) is 1. The molecule has 110 valence electrons. The van der Waals surface area contributed by atoms with Crippen LogP contribution in [0.15, 0.2) is 29.2 Å². The van der Waals surface area contributed by atoms with Gasteiger partial charge in [-0.3, -0.25) is 14.9 Å². The number of carbonyl (C=O) groups is 2. The molecule has 0 heterocycles. The smallest absolute Gasteiger partial charge is 0.320 e. The Kier molecular flexibility index (Phi) is 7.11. The maximum Gasteiger partial charge on any atom is 0.320 e. The predicted molar refractivity (Wildman–Crippen MR) is 81.2 cm³/mol. The zero-order valence-electron chi connectivity index (χ0n) is 11.7. The van der Waals surface area contributed by atoms with E-state index in [1.165, 1.54) is 0 Å². The number of carboxylic acids is 1. The van der Waals surface area contributed by atoms with Crippen LogP contribution < -0.4 is 10.6 Å². The van der Waals surface area contributed by atoms with E-state index in [1.54, 1.807) is 11.8 Å². The van der Waals surface area contributed by atoms with Crippen molar-refractivity contribution < 1.29 is 14.7 Å². The molecule has 0 radical (unpaired) electrons. The average molecular weight is 296 g/mol. The molecule has 1 atom stereocenters. The molecule has 0 fully saturated rings. The summed E-state index contributed by atoms with van der Waals surface area (Å²) in [7, 11) is 0. The van der Waals surface area contributed by atoms with Gasteiger partial charge in [0, 0.05) is 4.90 Å². The van der Waals surface area contributed by atoms with Gasteiger partial charge in [0.25, 0.3) is 0 Å². The second-order valence-corrected chi connectivity index (χ2v) is 5.16. The predicted octanol–water partition coefficient (Wildman–Crippen LogP) is 2.19. The lowest BCUT2D eigenvalue weighted by Crippen LogP contribution is -2.41. The molecule has 1 rings (SSSR count). The normalized spacial score (nSPS) is 11.9. The Bertz CT molecular complexity index is 465. The third kappa shape index (κ3) is 5.22. The minimum atomic E-state index is -0.927. The molecular formula is C14H20N2O3S. The van der Waals surface area contributed by atoms with Crippen molar-refractivity contribution in [3.05, 3.63) is 24.3 Å². The number of hydrogen-bond donors (Lipinski definition) is 3. The van der Waals surface area contributed by atoms with Gasteiger partial charge >= 0.3 is 5.97 Å². The van der Waals surface area contributed by atoms with E-state index >= 15 is 0 Å². The Morgan fingerprint density at radius 2 is 2.05 bits per heavy atom. The van der Waals surface area contributed by atoms with Crippen LogP contribution in [0.2, 0.25) is 0 Å². The number of para-hydroxylation sites is 1. The minimum Gasteiger partial charge on any atom is -0.480 e.